The molecule has 35 heavy (non-hydrogen) atoms. The summed E-state index contributed by atoms with van der Waals surface area (Å²) >= 11 is 6.21. The van der Waals surface area contributed by atoms with Crippen molar-refractivity contribution in [3.8, 4) is 11.5 Å². The highest BCUT2D eigenvalue weighted by molar-refractivity contribution is 6.32. The van der Waals surface area contributed by atoms with E-state index in [1.807, 2.05) is 24.3 Å². The predicted molar refractivity (Wildman–Crippen MR) is 134 cm³/mol. The van der Waals surface area contributed by atoms with Gasteiger partial charge < -0.3 is 19.5 Å². The van der Waals surface area contributed by atoms with Gasteiger partial charge in [-0.2, -0.15) is 0 Å². The zero-order valence-electron chi connectivity index (χ0n) is 20.2. The Kier molecular flexibility index (Phi) is 7.42. The number of anilines is 1. The highest BCUT2D eigenvalue weighted by Gasteiger charge is 2.28. The molecule has 0 bridgehead atoms. The van der Waals surface area contributed by atoms with Crippen LogP contribution in [0.3, 0.4) is 0 Å². The SMILES string of the molecule is CCN1CCc2nc3ccccc3c(C(=O)OC(C)C(=O)Nc3cc(Cl)c(OC)cc3OC)c2C1. The maximum atomic E-state index is 13.4. The van der Waals surface area contributed by atoms with Gasteiger partial charge in [-0.25, -0.2) is 4.79 Å². The number of nitrogens with zero attached hydrogens (tertiary/aromatic N) is 2. The standard InChI is InChI=1S/C26H28ClN3O5/c1-5-30-11-10-20-17(14-30)24(16-8-6-7-9-19(16)28-20)26(32)35-15(2)25(31)29-21-12-18(27)22(33-3)13-23(21)34-4/h6-9,12-13,15H,5,10-11,14H2,1-4H3,(H,29,31). The van der Waals surface area contributed by atoms with E-state index in [2.05, 4.69) is 17.1 Å². The van der Waals surface area contributed by atoms with Gasteiger partial charge in [0.25, 0.3) is 5.91 Å². The van der Waals surface area contributed by atoms with Crippen LogP contribution in [0.15, 0.2) is 36.4 Å². The van der Waals surface area contributed by atoms with Crippen LogP contribution in [-0.2, 0) is 22.5 Å². The Morgan fingerprint density at radius 1 is 1.17 bits per heavy atom. The minimum atomic E-state index is -1.07. The molecule has 0 saturated heterocycles. The first-order chi connectivity index (χ1) is 16.9. The van der Waals surface area contributed by atoms with Gasteiger partial charge in [-0.3, -0.25) is 14.7 Å². The van der Waals surface area contributed by atoms with Gasteiger partial charge in [0.1, 0.15) is 11.5 Å². The van der Waals surface area contributed by atoms with Crippen molar-refractivity contribution in [1.29, 1.82) is 0 Å². The van der Waals surface area contributed by atoms with Crippen molar-refractivity contribution in [3.63, 3.8) is 0 Å². The number of fused-ring (bicyclic) bond motifs is 2. The second-order valence-electron chi connectivity index (χ2n) is 8.27. The zero-order valence-corrected chi connectivity index (χ0v) is 20.9. The first-order valence-electron chi connectivity index (χ1n) is 11.4. The number of ether oxygens (including phenoxy) is 3. The van der Waals surface area contributed by atoms with E-state index < -0.39 is 18.0 Å². The molecule has 1 amide bonds. The van der Waals surface area contributed by atoms with Crippen molar-refractivity contribution in [2.24, 2.45) is 0 Å². The molecule has 3 aromatic rings. The lowest BCUT2D eigenvalue weighted by molar-refractivity contribution is -0.123. The highest BCUT2D eigenvalue weighted by atomic mass is 35.5. The summed E-state index contributed by atoms with van der Waals surface area (Å²) in [6.45, 7) is 5.97. The average molecular weight is 498 g/mol. The summed E-state index contributed by atoms with van der Waals surface area (Å²) in [5.41, 5.74) is 3.30. The minimum Gasteiger partial charge on any atom is -0.495 e. The summed E-state index contributed by atoms with van der Waals surface area (Å²) in [6, 6.07) is 10.6. The van der Waals surface area contributed by atoms with E-state index in [9.17, 15) is 9.59 Å². The maximum Gasteiger partial charge on any atom is 0.339 e. The van der Waals surface area contributed by atoms with Crippen LogP contribution in [0.25, 0.3) is 10.9 Å². The van der Waals surface area contributed by atoms with Gasteiger partial charge in [0, 0.05) is 42.2 Å². The molecule has 1 N–H and O–H groups in total. The molecular formula is C26H28ClN3O5. The lowest BCUT2D eigenvalue weighted by atomic mass is 9.95. The first-order valence-corrected chi connectivity index (χ1v) is 11.8. The molecule has 0 saturated carbocycles. The number of para-hydroxylation sites is 1. The number of likely N-dealkylation sites (N-methyl/N-ethyl adjacent to an activating group) is 1. The van der Waals surface area contributed by atoms with Crippen molar-refractivity contribution in [2.45, 2.75) is 32.9 Å². The minimum absolute atomic E-state index is 0.309. The summed E-state index contributed by atoms with van der Waals surface area (Å²) < 4.78 is 16.2. The molecule has 8 nitrogen and oxygen atoms in total. The predicted octanol–water partition coefficient (Wildman–Crippen LogP) is 4.47. The number of benzene rings is 2. The number of nitrogens with one attached hydrogen (secondary N) is 1. The van der Waals surface area contributed by atoms with Crippen LogP contribution < -0.4 is 14.8 Å². The summed E-state index contributed by atoms with van der Waals surface area (Å²) in [7, 11) is 2.96. The number of esters is 1. The quantitative estimate of drug-likeness (QED) is 0.482. The molecule has 1 atom stereocenters. The molecular weight excluding hydrogens is 470 g/mol. The third-order valence-corrected chi connectivity index (χ3v) is 6.46. The van der Waals surface area contributed by atoms with E-state index in [1.165, 1.54) is 27.2 Å². The monoisotopic (exact) mass is 497 g/mol. The average Bonchev–Trinajstić information content (AvgIpc) is 2.86. The molecule has 1 aliphatic heterocycles. The Bertz CT molecular complexity index is 1280. The number of amides is 1. The number of carbonyl (C=O) groups excluding carboxylic acids is 2. The summed E-state index contributed by atoms with van der Waals surface area (Å²) in [5, 5.41) is 3.75. The number of carbonyl (C=O) groups is 2. The van der Waals surface area contributed by atoms with Gasteiger partial charge in [0.2, 0.25) is 0 Å². The van der Waals surface area contributed by atoms with E-state index >= 15 is 0 Å². The molecule has 0 aliphatic carbocycles. The lowest BCUT2D eigenvalue weighted by Gasteiger charge is -2.29. The molecule has 9 heteroatoms. The fraction of sp³-hybridized carbons (Fsp3) is 0.346. The van der Waals surface area contributed by atoms with E-state index in [0.717, 1.165) is 36.3 Å². The van der Waals surface area contributed by atoms with E-state index in [1.54, 1.807) is 6.07 Å². The Morgan fingerprint density at radius 2 is 1.91 bits per heavy atom. The van der Waals surface area contributed by atoms with Gasteiger partial charge in [0.05, 0.1) is 36.0 Å². The Hall–Kier alpha value is -3.36. The van der Waals surface area contributed by atoms with Crippen molar-refractivity contribution in [1.82, 2.24) is 9.88 Å². The Morgan fingerprint density at radius 3 is 2.63 bits per heavy atom. The molecule has 4 rings (SSSR count). The van der Waals surface area contributed by atoms with E-state index in [0.29, 0.717) is 39.7 Å². The second kappa shape index (κ2) is 10.5. The first kappa shape index (κ1) is 24.8. The van der Waals surface area contributed by atoms with Crippen LogP contribution in [0.4, 0.5) is 5.69 Å². The molecule has 184 valence electrons. The topological polar surface area (TPSA) is 90.0 Å². The number of halogens is 1. The molecule has 1 unspecified atom stereocenters. The van der Waals surface area contributed by atoms with Crippen LogP contribution in [0, 0.1) is 0 Å². The molecule has 0 radical (unpaired) electrons. The van der Waals surface area contributed by atoms with Crippen LogP contribution >= 0.6 is 11.6 Å². The van der Waals surface area contributed by atoms with Crippen molar-refractivity contribution < 1.29 is 23.8 Å². The van der Waals surface area contributed by atoms with Crippen LogP contribution in [0.2, 0.25) is 5.02 Å². The molecule has 1 aromatic heterocycles. The summed E-state index contributed by atoms with van der Waals surface area (Å²) in [6.07, 6.45) is -0.316. The molecule has 0 fully saturated rings. The summed E-state index contributed by atoms with van der Waals surface area (Å²) in [4.78, 5) is 33.4. The summed E-state index contributed by atoms with van der Waals surface area (Å²) in [5.74, 6) is -0.288. The van der Waals surface area contributed by atoms with Gasteiger partial charge in [-0.05, 0) is 25.6 Å². The highest BCUT2D eigenvalue weighted by Crippen LogP contribution is 2.36. The number of aromatic nitrogens is 1. The molecule has 2 aromatic carbocycles. The number of rotatable bonds is 7. The Labute approximate surface area is 209 Å². The zero-order chi connectivity index (χ0) is 25.1. The third-order valence-electron chi connectivity index (χ3n) is 6.16. The molecule has 2 heterocycles. The number of methoxy groups -OCH3 is 2. The fourth-order valence-electron chi connectivity index (χ4n) is 4.21. The number of pyridine rings is 1. The Balaban J connectivity index is 1.60. The van der Waals surface area contributed by atoms with Gasteiger partial charge in [0.15, 0.2) is 6.10 Å². The van der Waals surface area contributed by atoms with E-state index in [-0.39, 0.29) is 0 Å². The van der Waals surface area contributed by atoms with Crippen LogP contribution in [0.1, 0.15) is 35.5 Å². The van der Waals surface area contributed by atoms with Gasteiger partial charge >= 0.3 is 5.97 Å². The van der Waals surface area contributed by atoms with Crippen molar-refractivity contribution in [3.05, 3.63) is 58.2 Å². The lowest BCUT2D eigenvalue weighted by Crippen LogP contribution is -2.34. The van der Waals surface area contributed by atoms with Gasteiger partial charge in [-0.1, -0.05) is 36.7 Å². The van der Waals surface area contributed by atoms with Gasteiger partial charge in [-0.15, -0.1) is 0 Å². The maximum absolute atomic E-state index is 13.4. The normalized spacial score (nSPS) is 14.2. The second-order valence-corrected chi connectivity index (χ2v) is 8.68. The number of hydrogen-bond donors (Lipinski definition) is 1. The van der Waals surface area contributed by atoms with Crippen LogP contribution in [0.5, 0.6) is 11.5 Å². The largest absolute Gasteiger partial charge is 0.495 e. The van der Waals surface area contributed by atoms with Crippen LogP contribution in [-0.4, -0.2) is 55.2 Å². The van der Waals surface area contributed by atoms with Crippen molar-refractivity contribution in [2.75, 3.05) is 32.6 Å². The smallest absolute Gasteiger partial charge is 0.339 e. The molecule has 0 spiro atoms. The third kappa shape index (κ3) is 5.04. The number of hydrogen-bond acceptors (Lipinski definition) is 7. The van der Waals surface area contributed by atoms with E-state index in [4.69, 9.17) is 30.8 Å². The fourth-order valence-corrected chi connectivity index (χ4v) is 4.46. The molecule has 1 aliphatic rings. The van der Waals surface area contributed by atoms with Crippen molar-refractivity contribution >= 4 is 40.1 Å².